The SMILES string of the molecule is C=CC(=O)Nc1cccc(Oc2cnc3c(n2)c(-c2cc(OCCOC)ccc2C)cn3COCC[Si](C)(C)C)c1. The van der Waals surface area contributed by atoms with Crippen molar-refractivity contribution in [3.05, 3.63) is 73.1 Å². The van der Waals surface area contributed by atoms with Gasteiger partial charge in [-0.25, -0.2) is 9.97 Å². The van der Waals surface area contributed by atoms with E-state index in [9.17, 15) is 4.79 Å². The van der Waals surface area contributed by atoms with Crippen molar-refractivity contribution in [1.82, 2.24) is 14.5 Å². The molecule has 0 saturated heterocycles. The molecule has 0 saturated carbocycles. The average molecular weight is 575 g/mol. The molecule has 2 aromatic carbocycles. The van der Waals surface area contributed by atoms with Crippen molar-refractivity contribution < 1.29 is 23.7 Å². The quantitative estimate of drug-likeness (QED) is 0.102. The van der Waals surface area contributed by atoms with Crippen molar-refractivity contribution in [3.8, 4) is 28.5 Å². The van der Waals surface area contributed by atoms with Gasteiger partial charge in [-0.1, -0.05) is 38.4 Å². The highest BCUT2D eigenvalue weighted by Crippen LogP contribution is 2.35. The van der Waals surface area contributed by atoms with Crippen LogP contribution in [0.15, 0.2) is 67.5 Å². The second kappa shape index (κ2) is 13.6. The first-order valence-electron chi connectivity index (χ1n) is 13.5. The Labute approximate surface area is 242 Å². The molecule has 10 heteroatoms. The number of amides is 1. The largest absolute Gasteiger partial charge is 0.491 e. The van der Waals surface area contributed by atoms with Gasteiger partial charge < -0.3 is 28.8 Å². The first kappa shape index (κ1) is 30.0. The van der Waals surface area contributed by atoms with Gasteiger partial charge >= 0.3 is 0 Å². The number of carbonyl (C=O) groups is 1. The van der Waals surface area contributed by atoms with E-state index in [0.29, 0.717) is 55.0 Å². The second-order valence-corrected chi connectivity index (χ2v) is 16.5. The van der Waals surface area contributed by atoms with Crippen LogP contribution in [0.5, 0.6) is 17.4 Å². The van der Waals surface area contributed by atoms with Gasteiger partial charge in [0, 0.05) is 45.3 Å². The smallest absolute Gasteiger partial charge is 0.247 e. The van der Waals surface area contributed by atoms with Gasteiger partial charge in [0.05, 0.1) is 12.8 Å². The summed E-state index contributed by atoms with van der Waals surface area (Å²) in [5.74, 6) is 1.29. The topological polar surface area (TPSA) is 96.7 Å². The van der Waals surface area contributed by atoms with E-state index in [1.807, 2.05) is 29.0 Å². The predicted molar refractivity (Wildman–Crippen MR) is 165 cm³/mol. The Morgan fingerprint density at radius 3 is 2.66 bits per heavy atom. The minimum absolute atomic E-state index is 0.301. The molecule has 2 aromatic heterocycles. The summed E-state index contributed by atoms with van der Waals surface area (Å²) < 4.78 is 25.1. The zero-order chi connectivity index (χ0) is 29.4. The van der Waals surface area contributed by atoms with Crippen LogP contribution in [0.25, 0.3) is 22.3 Å². The maximum Gasteiger partial charge on any atom is 0.247 e. The standard InChI is InChI=1S/C31H38N4O5Si/c1-7-28(36)33-23-9-8-10-25(17-23)40-29-19-32-31-30(34-29)27(20-35(31)21-38-15-16-41(4,5)6)26-18-24(12-11-22(26)2)39-14-13-37-3/h7-12,17-20H,1,13-16,21H2,2-6H3,(H,33,36). The van der Waals surface area contributed by atoms with Crippen LogP contribution < -0.4 is 14.8 Å². The van der Waals surface area contributed by atoms with Crippen LogP contribution in [0.3, 0.4) is 0 Å². The van der Waals surface area contributed by atoms with Gasteiger partial charge in [0.15, 0.2) is 5.65 Å². The molecule has 0 bridgehead atoms. The molecule has 0 unspecified atom stereocenters. The van der Waals surface area contributed by atoms with Gasteiger partial charge in [-0.05, 0) is 54.4 Å². The number of rotatable bonds is 14. The fourth-order valence-corrected chi connectivity index (χ4v) is 4.85. The molecule has 0 spiro atoms. The molecule has 0 fully saturated rings. The number of aromatic nitrogens is 3. The first-order valence-corrected chi connectivity index (χ1v) is 17.3. The molecule has 2 heterocycles. The molecule has 0 aliphatic carbocycles. The number of anilines is 1. The Kier molecular flexibility index (Phi) is 9.93. The van der Waals surface area contributed by atoms with E-state index in [1.54, 1.807) is 37.6 Å². The zero-order valence-corrected chi connectivity index (χ0v) is 25.4. The fourth-order valence-electron chi connectivity index (χ4n) is 4.10. The number of benzene rings is 2. The van der Waals surface area contributed by atoms with Gasteiger partial charge in [-0.2, -0.15) is 0 Å². The number of fused-ring (bicyclic) bond motifs is 1. The number of aryl methyl sites for hydroxylation is 1. The zero-order valence-electron chi connectivity index (χ0n) is 24.4. The lowest BCUT2D eigenvalue weighted by Gasteiger charge is -2.15. The molecule has 0 aliphatic heterocycles. The predicted octanol–water partition coefficient (Wildman–Crippen LogP) is 6.66. The van der Waals surface area contributed by atoms with Crippen molar-refractivity contribution in [2.75, 3.05) is 32.2 Å². The van der Waals surface area contributed by atoms with Crippen LogP contribution >= 0.6 is 0 Å². The van der Waals surface area contributed by atoms with Gasteiger partial charge in [0.1, 0.15) is 30.4 Å². The summed E-state index contributed by atoms with van der Waals surface area (Å²) in [6.07, 6.45) is 4.83. The minimum atomic E-state index is -1.21. The summed E-state index contributed by atoms with van der Waals surface area (Å²) in [6.45, 7) is 14.6. The van der Waals surface area contributed by atoms with Gasteiger partial charge in [0.2, 0.25) is 11.8 Å². The molecule has 41 heavy (non-hydrogen) atoms. The Balaban J connectivity index is 1.69. The highest BCUT2D eigenvalue weighted by molar-refractivity contribution is 6.76. The monoisotopic (exact) mass is 574 g/mol. The van der Waals surface area contributed by atoms with Crippen LogP contribution in [0.4, 0.5) is 5.69 Å². The van der Waals surface area contributed by atoms with Crippen LogP contribution in [-0.2, 0) is 21.0 Å². The van der Waals surface area contributed by atoms with Crippen molar-refractivity contribution in [3.63, 3.8) is 0 Å². The molecule has 4 aromatic rings. The Bertz CT molecular complexity index is 1510. The van der Waals surface area contributed by atoms with Crippen LogP contribution in [0.2, 0.25) is 25.7 Å². The summed E-state index contributed by atoms with van der Waals surface area (Å²) in [7, 11) is 0.435. The molecule has 1 N–H and O–H groups in total. The van der Waals surface area contributed by atoms with Crippen LogP contribution in [-0.4, -0.2) is 55.4 Å². The second-order valence-electron chi connectivity index (χ2n) is 10.9. The molecular weight excluding hydrogens is 536 g/mol. The lowest BCUT2D eigenvalue weighted by Crippen LogP contribution is -2.22. The normalized spacial score (nSPS) is 11.4. The first-order chi connectivity index (χ1) is 19.7. The Morgan fingerprint density at radius 1 is 1.07 bits per heavy atom. The third kappa shape index (κ3) is 8.26. The van der Waals surface area contributed by atoms with E-state index >= 15 is 0 Å². The summed E-state index contributed by atoms with van der Waals surface area (Å²) in [5.41, 5.74) is 4.91. The number of hydrogen-bond acceptors (Lipinski definition) is 7. The molecule has 1 amide bonds. The van der Waals surface area contributed by atoms with Gasteiger partial charge in [0.25, 0.3) is 0 Å². The van der Waals surface area contributed by atoms with Gasteiger partial charge in [-0.3, -0.25) is 4.79 Å². The molecule has 0 radical (unpaired) electrons. The third-order valence-electron chi connectivity index (χ3n) is 6.33. The van der Waals surface area contributed by atoms with Crippen molar-refractivity contribution in [2.24, 2.45) is 0 Å². The minimum Gasteiger partial charge on any atom is -0.491 e. The number of carbonyl (C=O) groups excluding carboxylic acids is 1. The fraction of sp³-hybridized carbons (Fsp3) is 0.323. The summed E-state index contributed by atoms with van der Waals surface area (Å²) in [4.78, 5) is 21.3. The maximum atomic E-state index is 11.7. The summed E-state index contributed by atoms with van der Waals surface area (Å²) in [5, 5.41) is 2.74. The number of nitrogens with zero attached hydrogens (tertiary/aromatic N) is 3. The molecule has 216 valence electrons. The molecular formula is C31H38N4O5Si. The van der Waals surface area contributed by atoms with Crippen LogP contribution in [0, 0.1) is 6.92 Å². The van der Waals surface area contributed by atoms with E-state index < -0.39 is 8.07 Å². The lowest BCUT2D eigenvalue weighted by molar-refractivity contribution is -0.111. The summed E-state index contributed by atoms with van der Waals surface area (Å²) >= 11 is 0. The molecule has 9 nitrogen and oxygen atoms in total. The van der Waals surface area contributed by atoms with Gasteiger partial charge in [-0.15, -0.1) is 0 Å². The highest BCUT2D eigenvalue weighted by Gasteiger charge is 2.18. The van der Waals surface area contributed by atoms with E-state index in [1.165, 1.54) is 6.08 Å². The van der Waals surface area contributed by atoms with E-state index in [-0.39, 0.29) is 5.91 Å². The number of hydrogen-bond donors (Lipinski definition) is 1. The van der Waals surface area contributed by atoms with Crippen molar-refractivity contribution >= 4 is 30.8 Å². The van der Waals surface area contributed by atoms with Crippen molar-refractivity contribution in [2.45, 2.75) is 39.3 Å². The average Bonchev–Trinajstić information content (AvgIpc) is 3.29. The number of methoxy groups -OCH3 is 1. The molecule has 0 aliphatic rings. The van der Waals surface area contributed by atoms with E-state index in [2.05, 4.69) is 38.5 Å². The maximum absolute atomic E-state index is 11.7. The van der Waals surface area contributed by atoms with E-state index in [4.69, 9.17) is 28.9 Å². The summed E-state index contributed by atoms with van der Waals surface area (Å²) in [6, 6.07) is 14.1. The molecule has 0 atom stereocenters. The van der Waals surface area contributed by atoms with Crippen LogP contribution in [0.1, 0.15) is 5.56 Å². The Hall–Kier alpha value is -3.99. The van der Waals surface area contributed by atoms with E-state index in [0.717, 1.165) is 28.5 Å². The number of ether oxygens (including phenoxy) is 4. The lowest BCUT2D eigenvalue weighted by atomic mass is 10.0. The Morgan fingerprint density at radius 2 is 1.90 bits per heavy atom. The van der Waals surface area contributed by atoms with Crippen molar-refractivity contribution in [1.29, 1.82) is 0 Å². The number of nitrogens with one attached hydrogen (secondary N) is 1. The molecule has 4 rings (SSSR count). The highest BCUT2D eigenvalue weighted by atomic mass is 28.3. The third-order valence-corrected chi connectivity index (χ3v) is 8.04.